The number of benzene rings is 2. The van der Waals surface area contributed by atoms with E-state index in [2.05, 4.69) is 10.6 Å². The Morgan fingerprint density at radius 1 is 1.19 bits per heavy atom. The van der Waals surface area contributed by atoms with E-state index < -0.39 is 0 Å². The van der Waals surface area contributed by atoms with Gasteiger partial charge in [0.25, 0.3) is 5.91 Å². The van der Waals surface area contributed by atoms with Gasteiger partial charge in [0, 0.05) is 31.7 Å². The van der Waals surface area contributed by atoms with Crippen LogP contribution >= 0.6 is 11.6 Å². The lowest BCUT2D eigenvalue weighted by Gasteiger charge is -2.18. The number of carbonyl (C=O) groups is 2. The summed E-state index contributed by atoms with van der Waals surface area (Å²) in [5.74, 6) is 0.865. The molecule has 3 amide bonds. The second-order valence-corrected chi connectivity index (χ2v) is 6.82. The van der Waals surface area contributed by atoms with Crippen molar-refractivity contribution in [1.29, 1.82) is 0 Å². The van der Waals surface area contributed by atoms with Crippen LogP contribution in [0.3, 0.4) is 0 Å². The van der Waals surface area contributed by atoms with E-state index in [4.69, 9.17) is 16.3 Å². The van der Waals surface area contributed by atoms with E-state index in [1.165, 1.54) is 5.56 Å². The number of anilines is 1. The number of urea groups is 1. The number of hydrogen-bond acceptors (Lipinski definition) is 3. The van der Waals surface area contributed by atoms with E-state index in [1.54, 1.807) is 37.3 Å². The Balaban J connectivity index is 1.62. The first-order valence-electron chi connectivity index (χ1n) is 8.73. The molecule has 0 aromatic heterocycles. The van der Waals surface area contributed by atoms with Crippen LogP contribution in [0.5, 0.6) is 5.75 Å². The SMILES string of the molecule is CNC(=O)c1ccc(NC(=O)N2CCC(c3ccc(OC)cc3)C2)cc1Cl. The number of rotatable bonds is 4. The fourth-order valence-electron chi connectivity index (χ4n) is 3.21. The van der Waals surface area contributed by atoms with Gasteiger partial charge in [0.2, 0.25) is 0 Å². The van der Waals surface area contributed by atoms with Crippen molar-refractivity contribution < 1.29 is 14.3 Å². The van der Waals surface area contributed by atoms with Crippen molar-refractivity contribution in [3.05, 3.63) is 58.6 Å². The average Bonchev–Trinajstić information content (AvgIpc) is 3.18. The fraction of sp³-hybridized carbons (Fsp3) is 0.300. The molecule has 0 bridgehead atoms. The third kappa shape index (κ3) is 4.34. The molecule has 0 radical (unpaired) electrons. The number of nitrogens with zero attached hydrogens (tertiary/aromatic N) is 1. The third-order valence-electron chi connectivity index (χ3n) is 4.75. The first-order chi connectivity index (χ1) is 13.0. The van der Waals surface area contributed by atoms with Crippen molar-refractivity contribution in [2.75, 3.05) is 32.6 Å². The first kappa shape index (κ1) is 19.0. The summed E-state index contributed by atoms with van der Waals surface area (Å²) in [5, 5.41) is 5.67. The Hall–Kier alpha value is -2.73. The molecule has 2 N–H and O–H groups in total. The van der Waals surface area contributed by atoms with Gasteiger partial charge in [0.05, 0.1) is 17.7 Å². The molecule has 1 fully saturated rings. The molecule has 27 heavy (non-hydrogen) atoms. The van der Waals surface area contributed by atoms with Crippen molar-refractivity contribution in [1.82, 2.24) is 10.2 Å². The molecule has 3 rings (SSSR count). The number of ether oxygens (including phenoxy) is 1. The quantitative estimate of drug-likeness (QED) is 0.839. The monoisotopic (exact) mass is 387 g/mol. The molecule has 1 heterocycles. The minimum absolute atomic E-state index is 0.172. The van der Waals surface area contributed by atoms with Crippen LogP contribution in [0, 0.1) is 0 Å². The van der Waals surface area contributed by atoms with E-state index in [-0.39, 0.29) is 11.9 Å². The topological polar surface area (TPSA) is 70.7 Å². The summed E-state index contributed by atoms with van der Waals surface area (Å²) in [6.07, 6.45) is 0.913. The molecule has 0 saturated carbocycles. The fourth-order valence-corrected chi connectivity index (χ4v) is 3.47. The van der Waals surface area contributed by atoms with Crippen LogP contribution in [0.25, 0.3) is 0 Å². The zero-order valence-electron chi connectivity index (χ0n) is 15.3. The molecule has 1 atom stereocenters. The van der Waals surface area contributed by atoms with E-state index in [1.807, 2.05) is 24.3 Å². The van der Waals surface area contributed by atoms with E-state index in [0.29, 0.717) is 35.3 Å². The highest BCUT2D eigenvalue weighted by Crippen LogP contribution is 2.29. The van der Waals surface area contributed by atoms with E-state index >= 15 is 0 Å². The largest absolute Gasteiger partial charge is 0.497 e. The van der Waals surface area contributed by atoms with Gasteiger partial charge in [-0.1, -0.05) is 23.7 Å². The molecular weight excluding hydrogens is 366 g/mol. The summed E-state index contributed by atoms with van der Waals surface area (Å²) in [4.78, 5) is 26.0. The van der Waals surface area contributed by atoms with Gasteiger partial charge in [-0.05, 0) is 42.3 Å². The Bertz CT molecular complexity index is 839. The lowest BCUT2D eigenvalue weighted by atomic mass is 9.98. The number of nitrogens with one attached hydrogen (secondary N) is 2. The van der Waals surface area contributed by atoms with Gasteiger partial charge in [0.15, 0.2) is 0 Å². The van der Waals surface area contributed by atoms with Gasteiger partial charge in [-0.25, -0.2) is 4.79 Å². The Kier molecular flexibility index (Phi) is 5.86. The maximum absolute atomic E-state index is 12.6. The van der Waals surface area contributed by atoms with Crippen LogP contribution in [0.2, 0.25) is 5.02 Å². The molecule has 2 aromatic carbocycles. The number of halogens is 1. The summed E-state index contributed by atoms with van der Waals surface area (Å²) in [5.41, 5.74) is 2.13. The second-order valence-electron chi connectivity index (χ2n) is 6.41. The lowest BCUT2D eigenvalue weighted by Crippen LogP contribution is -2.32. The Morgan fingerprint density at radius 2 is 1.93 bits per heavy atom. The molecule has 1 saturated heterocycles. The lowest BCUT2D eigenvalue weighted by molar-refractivity contribution is 0.0963. The summed E-state index contributed by atoms with van der Waals surface area (Å²) in [6.45, 7) is 1.34. The number of likely N-dealkylation sites (tertiary alicyclic amines) is 1. The van der Waals surface area contributed by atoms with Crippen LogP contribution in [0.15, 0.2) is 42.5 Å². The maximum atomic E-state index is 12.6. The van der Waals surface area contributed by atoms with Gasteiger partial charge >= 0.3 is 6.03 Å². The summed E-state index contributed by atoms with van der Waals surface area (Å²) in [6, 6.07) is 12.6. The number of methoxy groups -OCH3 is 1. The highest BCUT2D eigenvalue weighted by molar-refractivity contribution is 6.34. The molecule has 0 aliphatic carbocycles. The van der Waals surface area contributed by atoms with Crippen LogP contribution < -0.4 is 15.4 Å². The average molecular weight is 388 g/mol. The molecule has 0 spiro atoms. The highest BCUT2D eigenvalue weighted by Gasteiger charge is 2.27. The van der Waals surface area contributed by atoms with Crippen molar-refractivity contribution in [2.24, 2.45) is 0 Å². The minimum atomic E-state index is -0.264. The molecule has 1 aliphatic heterocycles. The molecular formula is C20H22ClN3O3. The van der Waals surface area contributed by atoms with Crippen LogP contribution in [0.1, 0.15) is 28.3 Å². The number of amides is 3. The predicted molar refractivity (Wildman–Crippen MR) is 106 cm³/mol. The van der Waals surface area contributed by atoms with Gasteiger partial charge in [-0.3, -0.25) is 4.79 Å². The maximum Gasteiger partial charge on any atom is 0.321 e. The number of hydrogen-bond donors (Lipinski definition) is 2. The summed E-state index contributed by atoms with van der Waals surface area (Å²) >= 11 is 6.14. The summed E-state index contributed by atoms with van der Waals surface area (Å²) < 4.78 is 5.19. The van der Waals surface area contributed by atoms with Crippen LogP contribution in [0.4, 0.5) is 10.5 Å². The standard InChI is InChI=1S/C20H22ClN3O3/c1-22-19(25)17-8-5-15(11-18(17)21)23-20(26)24-10-9-14(12-24)13-3-6-16(27-2)7-4-13/h3-8,11,14H,9-10,12H2,1-2H3,(H,22,25)(H,23,26). The normalized spacial score (nSPS) is 16.1. The number of carbonyl (C=O) groups excluding carboxylic acids is 2. The zero-order valence-corrected chi connectivity index (χ0v) is 16.0. The smallest absolute Gasteiger partial charge is 0.321 e. The van der Waals surface area contributed by atoms with E-state index in [9.17, 15) is 9.59 Å². The van der Waals surface area contributed by atoms with Gasteiger partial charge in [-0.15, -0.1) is 0 Å². The van der Waals surface area contributed by atoms with Crippen molar-refractivity contribution in [3.8, 4) is 5.75 Å². The Morgan fingerprint density at radius 3 is 2.56 bits per heavy atom. The van der Waals surface area contributed by atoms with Crippen molar-refractivity contribution in [3.63, 3.8) is 0 Å². The van der Waals surface area contributed by atoms with Crippen LogP contribution in [-0.2, 0) is 0 Å². The van der Waals surface area contributed by atoms with Crippen molar-refractivity contribution in [2.45, 2.75) is 12.3 Å². The Labute approximate surface area is 163 Å². The van der Waals surface area contributed by atoms with Crippen LogP contribution in [-0.4, -0.2) is 44.1 Å². The van der Waals surface area contributed by atoms with E-state index in [0.717, 1.165) is 12.2 Å². The highest BCUT2D eigenvalue weighted by atomic mass is 35.5. The minimum Gasteiger partial charge on any atom is -0.497 e. The second kappa shape index (κ2) is 8.31. The van der Waals surface area contributed by atoms with Crippen molar-refractivity contribution >= 4 is 29.2 Å². The van der Waals surface area contributed by atoms with Gasteiger partial charge < -0.3 is 20.3 Å². The first-order valence-corrected chi connectivity index (χ1v) is 9.11. The zero-order chi connectivity index (χ0) is 19.4. The molecule has 1 unspecified atom stereocenters. The molecule has 1 aliphatic rings. The van der Waals surface area contributed by atoms with Gasteiger partial charge in [-0.2, -0.15) is 0 Å². The molecule has 2 aromatic rings. The third-order valence-corrected chi connectivity index (χ3v) is 5.07. The molecule has 6 nitrogen and oxygen atoms in total. The molecule has 142 valence electrons. The molecule has 7 heteroatoms. The van der Waals surface area contributed by atoms with Gasteiger partial charge in [0.1, 0.15) is 5.75 Å². The predicted octanol–water partition coefficient (Wildman–Crippen LogP) is 3.73. The summed E-state index contributed by atoms with van der Waals surface area (Å²) in [7, 11) is 3.19.